The summed E-state index contributed by atoms with van der Waals surface area (Å²) in [5, 5.41) is 0.597. The number of Topliss-reactive ketones (excluding diaryl/α,β-unsaturated/α-hetero) is 1. The number of halogens is 1. The third-order valence-corrected chi connectivity index (χ3v) is 9.34. The molecule has 1 aliphatic carbocycles. The number of benzene rings is 3. The lowest BCUT2D eigenvalue weighted by Crippen LogP contribution is -2.31. The number of anilines is 1. The minimum Gasteiger partial charge on any atom is -0.497 e. The van der Waals surface area contributed by atoms with Gasteiger partial charge in [0, 0.05) is 21.0 Å². The standard InChI is InChI=1S/C37H33BrN2O6/c1-5-22-17-25(38)18-29-30(37(44)46-21(3)34(41)24-11-15-27(45-4)16-12-24)19-31(39-33(22)29)23-9-13-26(14-10-23)40-35(42)28-8-6-7-20(2)32(28)36(40)43/h6-7,9-21,28,32H,5,8H2,1-4H3. The number of nitrogens with zero attached hydrogens (tertiary/aromatic N) is 2. The minimum absolute atomic E-state index is 0.00136. The molecule has 0 saturated carbocycles. The molecule has 4 atom stereocenters. The lowest BCUT2D eigenvalue weighted by Gasteiger charge is -2.22. The number of rotatable bonds is 8. The molecule has 234 valence electrons. The minimum atomic E-state index is -1.04. The highest BCUT2D eigenvalue weighted by Crippen LogP contribution is 2.41. The molecule has 3 aromatic carbocycles. The van der Waals surface area contributed by atoms with Gasteiger partial charge in [0.1, 0.15) is 5.75 Å². The summed E-state index contributed by atoms with van der Waals surface area (Å²) < 4.78 is 11.7. The van der Waals surface area contributed by atoms with Crippen LogP contribution in [-0.4, -0.2) is 41.8 Å². The third kappa shape index (κ3) is 5.64. The SMILES string of the molecule is CCc1cc(Br)cc2c(C(=O)OC(C)C(=O)c3ccc(OC)cc3)cc(-c3ccc(N4C(=O)C5CC=CC(C)C5C4=O)cc3)nc12. The van der Waals surface area contributed by atoms with Crippen LogP contribution in [0.1, 0.15) is 53.5 Å². The molecule has 4 aromatic rings. The van der Waals surface area contributed by atoms with Crippen molar-refractivity contribution in [2.45, 2.75) is 39.7 Å². The van der Waals surface area contributed by atoms with E-state index in [1.807, 2.05) is 38.1 Å². The Morgan fingerprint density at radius 3 is 2.39 bits per heavy atom. The van der Waals surface area contributed by atoms with Gasteiger partial charge in [0.2, 0.25) is 17.6 Å². The second kappa shape index (κ2) is 12.6. The predicted octanol–water partition coefficient (Wildman–Crippen LogP) is 7.37. The van der Waals surface area contributed by atoms with Crippen LogP contribution >= 0.6 is 15.9 Å². The van der Waals surface area contributed by atoms with Crippen molar-refractivity contribution >= 4 is 56.1 Å². The number of imide groups is 1. The summed E-state index contributed by atoms with van der Waals surface area (Å²) in [5.41, 5.74) is 3.95. The summed E-state index contributed by atoms with van der Waals surface area (Å²) in [5.74, 6) is -1.41. The molecule has 9 heteroatoms. The van der Waals surface area contributed by atoms with Crippen molar-refractivity contribution in [3.05, 3.63) is 100 Å². The van der Waals surface area contributed by atoms with E-state index in [1.165, 1.54) is 4.90 Å². The van der Waals surface area contributed by atoms with Gasteiger partial charge in [-0.2, -0.15) is 0 Å². The summed E-state index contributed by atoms with van der Waals surface area (Å²) >= 11 is 3.56. The number of allylic oxidation sites excluding steroid dienone is 2. The summed E-state index contributed by atoms with van der Waals surface area (Å²) in [6.45, 7) is 5.53. The lowest BCUT2D eigenvalue weighted by atomic mass is 9.78. The van der Waals surface area contributed by atoms with Gasteiger partial charge in [0.25, 0.3) is 0 Å². The Balaban J connectivity index is 1.33. The van der Waals surface area contributed by atoms with Crippen molar-refractivity contribution in [1.82, 2.24) is 4.98 Å². The van der Waals surface area contributed by atoms with Gasteiger partial charge in [-0.3, -0.25) is 19.3 Å². The summed E-state index contributed by atoms with van der Waals surface area (Å²) in [4.78, 5) is 59.6. The molecule has 1 saturated heterocycles. The van der Waals surface area contributed by atoms with Gasteiger partial charge in [-0.25, -0.2) is 9.78 Å². The fourth-order valence-electron chi connectivity index (χ4n) is 6.40. The van der Waals surface area contributed by atoms with Crippen molar-refractivity contribution in [3.63, 3.8) is 0 Å². The van der Waals surface area contributed by atoms with E-state index in [1.54, 1.807) is 68.6 Å². The first-order chi connectivity index (χ1) is 22.1. The monoisotopic (exact) mass is 680 g/mol. The average Bonchev–Trinajstić information content (AvgIpc) is 3.33. The number of hydrogen-bond acceptors (Lipinski definition) is 7. The summed E-state index contributed by atoms with van der Waals surface area (Å²) in [6, 6.07) is 19.1. The largest absolute Gasteiger partial charge is 0.497 e. The molecule has 0 spiro atoms. The van der Waals surface area contributed by atoms with Gasteiger partial charge in [0.15, 0.2) is 6.10 Å². The number of hydrogen-bond donors (Lipinski definition) is 0. The molecule has 2 heterocycles. The number of ketones is 1. The Bertz CT molecular complexity index is 1900. The molecule has 2 amide bonds. The number of amides is 2. The third-order valence-electron chi connectivity index (χ3n) is 8.88. The number of pyridine rings is 1. The predicted molar refractivity (Wildman–Crippen MR) is 179 cm³/mol. The van der Waals surface area contributed by atoms with Gasteiger partial charge in [-0.05, 0) is 85.8 Å². The number of carbonyl (C=O) groups is 4. The van der Waals surface area contributed by atoms with E-state index in [4.69, 9.17) is 14.5 Å². The molecule has 2 aliphatic rings. The number of carbonyl (C=O) groups excluding carboxylic acids is 4. The van der Waals surface area contributed by atoms with E-state index in [0.29, 0.717) is 52.0 Å². The highest BCUT2D eigenvalue weighted by molar-refractivity contribution is 9.10. The molecule has 46 heavy (non-hydrogen) atoms. The number of ether oxygens (including phenoxy) is 2. The molecule has 1 fully saturated rings. The van der Waals surface area contributed by atoms with Gasteiger partial charge < -0.3 is 9.47 Å². The van der Waals surface area contributed by atoms with Crippen LogP contribution in [0.4, 0.5) is 5.69 Å². The van der Waals surface area contributed by atoms with Crippen LogP contribution in [0, 0.1) is 17.8 Å². The van der Waals surface area contributed by atoms with Crippen LogP contribution in [0.25, 0.3) is 22.2 Å². The Morgan fingerprint density at radius 2 is 1.74 bits per heavy atom. The van der Waals surface area contributed by atoms with Crippen LogP contribution in [0.3, 0.4) is 0 Å². The summed E-state index contributed by atoms with van der Waals surface area (Å²) in [7, 11) is 1.55. The lowest BCUT2D eigenvalue weighted by molar-refractivity contribution is -0.122. The molecule has 4 unspecified atom stereocenters. The molecular weight excluding hydrogens is 648 g/mol. The maximum Gasteiger partial charge on any atom is 0.339 e. The molecule has 0 radical (unpaired) electrons. The Morgan fingerprint density at radius 1 is 1.02 bits per heavy atom. The number of methoxy groups -OCH3 is 1. The first-order valence-electron chi connectivity index (χ1n) is 15.3. The van der Waals surface area contributed by atoms with Crippen molar-refractivity contribution < 1.29 is 28.7 Å². The first-order valence-corrected chi connectivity index (χ1v) is 16.1. The van der Waals surface area contributed by atoms with Gasteiger partial charge >= 0.3 is 5.97 Å². The van der Waals surface area contributed by atoms with E-state index >= 15 is 0 Å². The second-order valence-electron chi connectivity index (χ2n) is 11.7. The van der Waals surface area contributed by atoms with Crippen molar-refractivity contribution in [3.8, 4) is 17.0 Å². The number of aromatic nitrogens is 1. The van der Waals surface area contributed by atoms with Crippen molar-refractivity contribution in [1.29, 1.82) is 0 Å². The van der Waals surface area contributed by atoms with E-state index in [9.17, 15) is 19.2 Å². The highest BCUT2D eigenvalue weighted by atomic mass is 79.9. The molecule has 0 bridgehead atoms. The fraction of sp³-hybridized carbons (Fsp3) is 0.270. The van der Waals surface area contributed by atoms with Crippen LogP contribution in [0.5, 0.6) is 5.75 Å². The van der Waals surface area contributed by atoms with Crippen LogP contribution in [0.2, 0.25) is 0 Å². The molecule has 6 rings (SSSR count). The topological polar surface area (TPSA) is 103 Å². The Labute approximate surface area is 275 Å². The molecule has 0 N–H and O–H groups in total. The average molecular weight is 682 g/mol. The van der Waals surface area contributed by atoms with Gasteiger partial charge in [-0.15, -0.1) is 0 Å². The molecular formula is C37H33BrN2O6. The van der Waals surface area contributed by atoms with Crippen LogP contribution in [-0.2, 0) is 20.7 Å². The highest BCUT2D eigenvalue weighted by Gasteiger charge is 2.50. The Hall–Kier alpha value is -4.63. The molecule has 1 aromatic heterocycles. The second-order valence-corrected chi connectivity index (χ2v) is 12.6. The zero-order valence-corrected chi connectivity index (χ0v) is 27.5. The normalized spacial score (nSPS) is 19.7. The van der Waals surface area contributed by atoms with Crippen LogP contribution in [0.15, 0.2) is 83.4 Å². The molecule has 8 nitrogen and oxygen atoms in total. The number of aryl methyl sites for hydroxylation is 1. The van der Waals surface area contributed by atoms with Gasteiger partial charge in [0.05, 0.1) is 41.4 Å². The zero-order valence-electron chi connectivity index (χ0n) is 26.0. The van der Waals surface area contributed by atoms with Gasteiger partial charge in [-0.1, -0.05) is 54.1 Å². The summed E-state index contributed by atoms with van der Waals surface area (Å²) in [6.07, 6.45) is 4.18. The van der Waals surface area contributed by atoms with Crippen LogP contribution < -0.4 is 9.64 Å². The number of fused-ring (bicyclic) bond motifs is 2. The fourth-order valence-corrected chi connectivity index (χ4v) is 6.90. The van der Waals surface area contributed by atoms with Crippen molar-refractivity contribution in [2.24, 2.45) is 17.8 Å². The van der Waals surface area contributed by atoms with E-state index < -0.39 is 12.1 Å². The zero-order chi connectivity index (χ0) is 32.7. The quantitative estimate of drug-likeness (QED) is 0.0829. The Kier molecular flexibility index (Phi) is 8.61. The smallest absolute Gasteiger partial charge is 0.339 e. The maximum absolute atomic E-state index is 13.7. The molecule has 1 aliphatic heterocycles. The number of esters is 1. The van der Waals surface area contributed by atoms with E-state index in [-0.39, 0.29) is 40.9 Å². The van der Waals surface area contributed by atoms with E-state index in [2.05, 4.69) is 15.9 Å². The van der Waals surface area contributed by atoms with E-state index in [0.717, 1.165) is 10.0 Å². The van der Waals surface area contributed by atoms with Crippen molar-refractivity contribution in [2.75, 3.05) is 12.0 Å². The maximum atomic E-state index is 13.7. The first kappa shape index (κ1) is 31.4.